The Morgan fingerprint density at radius 1 is 1.10 bits per heavy atom. The summed E-state index contributed by atoms with van der Waals surface area (Å²) in [6.45, 7) is 12.5. The van der Waals surface area contributed by atoms with Gasteiger partial charge in [-0.25, -0.2) is 9.67 Å². The molecule has 0 amide bonds. The normalized spacial score (nSPS) is 11.1. The molecule has 4 nitrogen and oxygen atoms in total. The highest BCUT2D eigenvalue weighted by Crippen LogP contribution is 2.19. The molecule has 2 aromatic heterocycles. The van der Waals surface area contributed by atoms with Crippen molar-refractivity contribution in [1.82, 2.24) is 20.1 Å². The highest BCUT2D eigenvalue weighted by atomic mass is 15.3. The molecule has 0 fully saturated rings. The summed E-state index contributed by atoms with van der Waals surface area (Å²) in [7, 11) is 0. The molecule has 0 aliphatic carbocycles. The van der Waals surface area contributed by atoms with Gasteiger partial charge in [0.1, 0.15) is 0 Å². The molecule has 0 saturated carbocycles. The number of rotatable bonds is 6. The highest BCUT2D eigenvalue weighted by Gasteiger charge is 2.13. The Morgan fingerprint density at radius 3 is 2.43 bits per heavy atom. The molecular weight excluding hydrogens is 260 g/mol. The Bertz CT molecular complexity index is 613. The van der Waals surface area contributed by atoms with Crippen molar-refractivity contribution in [2.75, 3.05) is 6.54 Å². The molecule has 1 N–H and O–H groups in total. The van der Waals surface area contributed by atoms with Crippen molar-refractivity contribution in [2.24, 2.45) is 0 Å². The maximum absolute atomic E-state index is 4.75. The average Bonchev–Trinajstić information content (AvgIpc) is 2.79. The summed E-state index contributed by atoms with van der Waals surface area (Å²) < 4.78 is 1.99. The molecule has 0 spiro atoms. The zero-order valence-corrected chi connectivity index (χ0v) is 13.8. The molecule has 0 radical (unpaired) electrons. The van der Waals surface area contributed by atoms with Crippen LogP contribution < -0.4 is 5.32 Å². The molecule has 2 heterocycles. The number of nitrogens with one attached hydrogen (secondary N) is 1. The second-order valence-corrected chi connectivity index (χ2v) is 5.37. The molecule has 0 unspecified atom stereocenters. The fraction of sp³-hybridized carbons (Fsp3) is 0.529. The third-order valence-electron chi connectivity index (χ3n) is 3.88. The van der Waals surface area contributed by atoms with Crippen molar-refractivity contribution in [1.29, 1.82) is 0 Å². The Balaban J connectivity index is 2.47. The largest absolute Gasteiger partial charge is 0.313 e. The highest BCUT2D eigenvalue weighted by molar-refractivity contribution is 5.36. The standard InChI is InChI=1S/C17H26N4/c1-6-15-9-14(11-18-8-3)10-17(19-15)21-13(5)16(7-2)12(4)20-21/h9-10,18H,6-8,11H2,1-5H3. The van der Waals surface area contributed by atoms with Crippen LogP contribution in [-0.2, 0) is 19.4 Å². The van der Waals surface area contributed by atoms with E-state index in [-0.39, 0.29) is 0 Å². The topological polar surface area (TPSA) is 42.7 Å². The van der Waals surface area contributed by atoms with Crippen molar-refractivity contribution in [3.63, 3.8) is 0 Å². The van der Waals surface area contributed by atoms with Gasteiger partial charge in [0, 0.05) is 17.9 Å². The Morgan fingerprint density at radius 2 is 1.86 bits per heavy atom. The summed E-state index contributed by atoms with van der Waals surface area (Å²) in [5, 5.41) is 8.06. The first kappa shape index (κ1) is 15.7. The summed E-state index contributed by atoms with van der Waals surface area (Å²) in [6.07, 6.45) is 1.95. The van der Waals surface area contributed by atoms with E-state index in [0.29, 0.717) is 0 Å². The van der Waals surface area contributed by atoms with E-state index in [1.54, 1.807) is 0 Å². The first-order chi connectivity index (χ1) is 10.1. The van der Waals surface area contributed by atoms with E-state index in [1.165, 1.54) is 16.8 Å². The van der Waals surface area contributed by atoms with Crippen LogP contribution in [0.1, 0.15) is 49.0 Å². The molecule has 0 saturated heterocycles. The Hall–Kier alpha value is -1.68. The van der Waals surface area contributed by atoms with Gasteiger partial charge in [0.05, 0.1) is 5.69 Å². The number of hydrogen-bond donors (Lipinski definition) is 1. The van der Waals surface area contributed by atoms with Gasteiger partial charge in [-0.1, -0.05) is 20.8 Å². The van der Waals surface area contributed by atoms with Gasteiger partial charge >= 0.3 is 0 Å². The Labute approximate surface area is 127 Å². The zero-order valence-electron chi connectivity index (χ0n) is 13.8. The van der Waals surface area contributed by atoms with Gasteiger partial charge in [-0.2, -0.15) is 5.10 Å². The lowest BCUT2D eigenvalue weighted by atomic mass is 10.1. The van der Waals surface area contributed by atoms with E-state index in [4.69, 9.17) is 4.98 Å². The molecule has 21 heavy (non-hydrogen) atoms. The van der Waals surface area contributed by atoms with Gasteiger partial charge in [0.2, 0.25) is 0 Å². The number of pyridine rings is 1. The quantitative estimate of drug-likeness (QED) is 0.887. The van der Waals surface area contributed by atoms with Crippen molar-refractivity contribution >= 4 is 0 Å². The van der Waals surface area contributed by atoms with Gasteiger partial charge in [0.25, 0.3) is 0 Å². The lowest BCUT2D eigenvalue weighted by molar-refractivity contribution is 0.718. The van der Waals surface area contributed by atoms with Crippen LogP contribution in [0.3, 0.4) is 0 Å². The summed E-state index contributed by atoms with van der Waals surface area (Å²) in [4.78, 5) is 4.75. The summed E-state index contributed by atoms with van der Waals surface area (Å²) in [5.74, 6) is 0.933. The fourth-order valence-corrected chi connectivity index (χ4v) is 2.70. The van der Waals surface area contributed by atoms with Crippen molar-refractivity contribution in [3.05, 3.63) is 40.3 Å². The number of nitrogens with zero attached hydrogens (tertiary/aromatic N) is 3. The summed E-state index contributed by atoms with van der Waals surface area (Å²) in [6, 6.07) is 4.32. The van der Waals surface area contributed by atoms with Crippen molar-refractivity contribution in [2.45, 2.75) is 54.0 Å². The molecule has 0 aromatic carbocycles. The third-order valence-corrected chi connectivity index (χ3v) is 3.88. The van der Waals surface area contributed by atoms with Gasteiger partial charge in [-0.3, -0.25) is 0 Å². The van der Waals surface area contributed by atoms with E-state index in [2.05, 4.69) is 57.2 Å². The van der Waals surface area contributed by atoms with Gasteiger partial charge in [-0.05, 0) is 56.5 Å². The fourth-order valence-electron chi connectivity index (χ4n) is 2.70. The molecule has 2 rings (SSSR count). The molecule has 0 bridgehead atoms. The van der Waals surface area contributed by atoms with Crippen LogP contribution >= 0.6 is 0 Å². The monoisotopic (exact) mass is 286 g/mol. The Kier molecular flexibility index (Phi) is 5.12. The van der Waals surface area contributed by atoms with Crippen LogP contribution in [0, 0.1) is 13.8 Å². The number of hydrogen-bond acceptors (Lipinski definition) is 3. The minimum Gasteiger partial charge on any atom is -0.313 e. The maximum atomic E-state index is 4.75. The van der Waals surface area contributed by atoms with Gasteiger partial charge < -0.3 is 5.32 Å². The van der Waals surface area contributed by atoms with Crippen LogP contribution in [0.4, 0.5) is 0 Å². The van der Waals surface area contributed by atoms with Crippen LogP contribution in [0.2, 0.25) is 0 Å². The van der Waals surface area contributed by atoms with Crippen molar-refractivity contribution < 1.29 is 0 Å². The van der Waals surface area contributed by atoms with Crippen LogP contribution in [-0.4, -0.2) is 21.3 Å². The average molecular weight is 286 g/mol. The van der Waals surface area contributed by atoms with E-state index in [1.807, 2.05) is 4.68 Å². The molecule has 0 atom stereocenters. The van der Waals surface area contributed by atoms with E-state index >= 15 is 0 Å². The third kappa shape index (κ3) is 3.32. The lowest BCUT2D eigenvalue weighted by Crippen LogP contribution is -2.13. The van der Waals surface area contributed by atoms with E-state index in [0.717, 1.165) is 43.1 Å². The molecule has 0 aliphatic rings. The molecule has 2 aromatic rings. The predicted molar refractivity (Wildman–Crippen MR) is 87.0 cm³/mol. The molecular formula is C17H26N4. The smallest absolute Gasteiger partial charge is 0.154 e. The van der Waals surface area contributed by atoms with Crippen molar-refractivity contribution in [3.8, 4) is 5.82 Å². The zero-order chi connectivity index (χ0) is 15.4. The summed E-state index contributed by atoms with van der Waals surface area (Å²) in [5.41, 5.74) is 6.01. The first-order valence-corrected chi connectivity index (χ1v) is 7.86. The second kappa shape index (κ2) is 6.85. The van der Waals surface area contributed by atoms with Crippen LogP contribution in [0.15, 0.2) is 12.1 Å². The van der Waals surface area contributed by atoms with E-state index in [9.17, 15) is 0 Å². The molecule has 114 valence electrons. The van der Waals surface area contributed by atoms with Crippen LogP contribution in [0.5, 0.6) is 0 Å². The first-order valence-electron chi connectivity index (χ1n) is 7.86. The molecule has 4 heteroatoms. The van der Waals surface area contributed by atoms with E-state index < -0.39 is 0 Å². The van der Waals surface area contributed by atoms with Crippen LogP contribution in [0.25, 0.3) is 5.82 Å². The minimum absolute atomic E-state index is 0.874. The lowest BCUT2D eigenvalue weighted by Gasteiger charge is -2.10. The molecule has 0 aliphatic heterocycles. The minimum atomic E-state index is 0.874. The van der Waals surface area contributed by atoms with Gasteiger partial charge in [0.15, 0.2) is 5.82 Å². The second-order valence-electron chi connectivity index (χ2n) is 5.37. The number of aromatic nitrogens is 3. The number of aryl methyl sites for hydroxylation is 2. The predicted octanol–water partition coefficient (Wildman–Crippen LogP) is 3.12. The SMILES string of the molecule is CCNCc1cc(CC)nc(-n2nc(C)c(CC)c2C)c1. The summed E-state index contributed by atoms with van der Waals surface area (Å²) >= 11 is 0. The maximum Gasteiger partial charge on any atom is 0.154 e. The van der Waals surface area contributed by atoms with Gasteiger partial charge in [-0.15, -0.1) is 0 Å².